The smallest absolute Gasteiger partial charge is 0.0219 e. The molecular formula is C14H21NS. The molecule has 0 saturated heterocycles. The van der Waals surface area contributed by atoms with E-state index < -0.39 is 0 Å². The van der Waals surface area contributed by atoms with Crippen molar-refractivity contribution >= 4 is 11.3 Å². The van der Waals surface area contributed by atoms with Crippen molar-refractivity contribution in [1.29, 1.82) is 0 Å². The van der Waals surface area contributed by atoms with Crippen LogP contribution in [0.5, 0.6) is 0 Å². The van der Waals surface area contributed by atoms with E-state index in [9.17, 15) is 0 Å². The van der Waals surface area contributed by atoms with Crippen molar-refractivity contribution < 1.29 is 0 Å². The van der Waals surface area contributed by atoms with Gasteiger partial charge in [0, 0.05) is 17.5 Å². The van der Waals surface area contributed by atoms with Crippen LogP contribution in [0.1, 0.15) is 48.6 Å². The molecule has 1 atom stereocenters. The van der Waals surface area contributed by atoms with Crippen LogP contribution in [0.2, 0.25) is 0 Å². The summed E-state index contributed by atoms with van der Waals surface area (Å²) in [6.07, 6.45) is 8.23. The van der Waals surface area contributed by atoms with Gasteiger partial charge in [-0.2, -0.15) is 0 Å². The Labute approximate surface area is 102 Å². The molecule has 88 valence electrons. The molecule has 2 aliphatic rings. The van der Waals surface area contributed by atoms with Crippen LogP contribution in [0, 0.1) is 5.92 Å². The maximum Gasteiger partial charge on any atom is 0.0219 e. The van der Waals surface area contributed by atoms with Gasteiger partial charge in [-0.15, -0.1) is 11.3 Å². The minimum atomic E-state index is 0.836. The fourth-order valence-corrected chi connectivity index (χ4v) is 3.90. The van der Waals surface area contributed by atoms with E-state index in [4.69, 9.17) is 0 Å². The molecule has 0 amide bonds. The van der Waals surface area contributed by atoms with Crippen LogP contribution in [0.3, 0.4) is 0 Å². The quantitative estimate of drug-likeness (QED) is 0.842. The maximum absolute atomic E-state index is 3.64. The van der Waals surface area contributed by atoms with E-state index in [-0.39, 0.29) is 0 Å². The van der Waals surface area contributed by atoms with Gasteiger partial charge in [-0.1, -0.05) is 13.3 Å². The first-order valence-electron chi connectivity index (χ1n) is 6.68. The summed E-state index contributed by atoms with van der Waals surface area (Å²) in [5.74, 6) is 0.954. The Morgan fingerprint density at radius 1 is 1.38 bits per heavy atom. The first-order chi connectivity index (χ1) is 7.86. The Morgan fingerprint density at radius 2 is 2.25 bits per heavy atom. The van der Waals surface area contributed by atoms with Crippen LogP contribution in [0.25, 0.3) is 0 Å². The summed E-state index contributed by atoms with van der Waals surface area (Å²) < 4.78 is 0. The van der Waals surface area contributed by atoms with Gasteiger partial charge in [0.25, 0.3) is 0 Å². The van der Waals surface area contributed by atoms with E-state index in [0.29, 0.717) is 0 Å². The third-order valence-electron chi connectivity index (χ3n) is 4.08. The summed E-state index contributed by atoms with van der Waals surface area (Å²) in [5.41, 5.74) is 3.30. The van der Waals surface area contributed by atoms with Crippen LogP contribution >= 0.6 is 11.3 Å². The van der Waals surface area contributed by atoms with Gasteiger partial charge in [0.05, 0.1) is 0 Å². The molecular weight excluding hydrogens is 214 g/mol. The predicted molar refractivity (Wildman–Crippen MR) is 70.0 cm³/mol. The molecule has 0 radical (unpaired) electrons. The second kappa shape index (κ2) is 4.50. The molecule has 1 aromatic heterocycles. The summed E-state index contributed by atoms with van der Waals surface area (Å²) in [5, 5.41) is 6.04. The molecule has 1 saturated carbocycles. The third kappa shape index (κ3) is 2.18. The van der Waals surface area contributed by atoms with E-state index in [1.54, 1.807) is 16.0 Å². The van der Waals surface area contributed by atoms with Gasteiger partial charge >= 0.3 is 0 Å². The first-order valence-corrected chi connectivity index (χ1v) is 7.56. The van der Waals surface area contributed by atoms with Crippen molar-refractivity contribution in [2.45, 2.75) is 58.0 Å². The van der Waals surface area contributed by atoms with Crippen LogP contribution in [-0.2, 0) is 19.4 Å². The van der Waals surface area contributed by atoms with Gasteiger partial charge in [0.15, 0.2) is 0 Å². The number of fused-ring (bicyclic) bond motifs is 1. The highest BCUT2D eigenvalue weighted by molar-refractivity contribution is 7.10. The molecule has 0 aliphatic heterocycles. The minimum Gasteiger partial charge on any atom is -0.310 e. The normalized spacial score (nSPS) is 24.4. The molecule has 2 aliphatic carbocycles. The number of nitrogens with one attached hydrogen (secondary N) is 1. The summed E-state index contributed by atoms with van der Waals surface area (Å²) >= 11 is 2.00. The van der Waals surface area contributed by atoms with Crippen LogP contribution in [-0.4, -0.2) is 6.04 Å². The van der Waals surface area contributed by atoms with Crippen molar-refractivity contribution in [3.05, 3.63) is 21.4 Å². The average Bonchev–Trinajstić information content (AvgIpc) is 3.06. The van der Waals surface area contributed by atoms with Gasteiger partial charge < -0.3 is 5.32 Å². The molecule has 1 unspecified atom stereocenters. The second-order valence-corrected chi connectivity index (χ2v) is 6.30. The average molecular weight is 235 g/mol. The van der Waals surface area contributed by atoms with Gasteiger partial charge in [-0.05, 0) is 54.5 Å². The maximum atomic E-state index is 3.64. The van der Waals surface area contributed by atoms with E-state index in [1.807, 2.05) is 11.3 Å². The minimum absolute atomic E-state index is 0.836. The topological polar surface area (TPSA) is 12.0 Å². The van der Waals surface area contributed by atoms with Gasteiger partial charge in [0.2, 0.25) is 0 Å². The lowest BCUT2D eigenvalue weighted by Crippen LogP contribution is -2.18. The molecule has 1 nitrogen and oxygen atoms in total. The zero-order valence-corrected chi connectivity index (χ0v) is 10.9. The zero-order valence-electron chi connectivity index (χ0n) is 10.1. The molecule has 0 spiro atoms. The fourth-order valence-electron chi connectivity index (χ4n) is 2.69. The van der Waals surface area contributed by atoms with Crippen LogP contribution in [0.4, 0.5) is 0 Å². The third-order valence-corrected chi connectivity index (χ3v) is 5.18. The Bertz CT molecular complexity index is 365. The van der Waals surface area contributed by atoms with Gasteiger partial charge in [-0.25, -0.2) is 0 Å². The van der Waals surface area contributed by atoms with E-state index in [0.717, 1.165) is 18.5 Å². The Morgan fingerprint density at radius 3 is 3.00 bits per heavy atom. The zero-order chi connectivity index (χ0) is 11.0. The van der Waals surface area contributed by atoms with Gasteiger partial charge in [0.1, 0.15) is 0 Å². The van der Waals surface area contributed by atoms with Crippen molar-refractivity contribution in [3.63, 3.8) is 0 Å². The Balaban J connectivity index is 1.68. The highest BCUT2D eigenvalue weighted by atomic mass is 32.1. The number of hydrogen-bond acceptors (Lipinski definition) is 2. The standard InChI is InChI=1S/C14H21NS/c1-2-10-3-6-13-11(8-15-12-4-5-12)9-16-14(13)7-10/h9-10,12,15H,2-8H2,1H3. The van der Waals surface area contributed by atoms with E-state index in [1.165, 1.54) is 38.5 Å². The monoisotopic (exact) mass is 235 g/mol. The molecule has 1 N–H and O–H groups in total. The summed E-state index contributed by atoms with van der Waals surface area (Å²) in [7, 11) is 0. The Kier molecular flexibility index (Phi) is 3.03. The van der Waals surface area contributed by atoms with Crippen molar-refractivity contribution in [2.75, 3.05) is 0 Å². The largest absolute Gasteiger partial charge is 0.310 e. The van der Waals surface area contributed by atoms with Crippen LogP contribution < -0.4 is 5.32 Å². The van der Waals surface area contributed by atoms with Crippen molar-refractivity contribution in [2.24, 2.45) is 5.92 Å². The van der Waals surface area contributed by atoms with Crippen molar-refractivity contribution in [1.82, 2.24) is 5.32 Å². The highest BCUT2D eigenvalue weighted by Gasteiger charge is 2.24. The van der Waals surface area contributed by atoms with Crippen LogP contribution in [0.15, 0.2) is 5.38 Å². The number of thiophene rings is 1. The molecule has 2 heteroatoms. The molecule has 16 heavy (non-hydrogen) atoms. The van der Waals surface area contributed by atoms with E-state index >= 15 is 0 Å². The lowest BCUT2D eigenvalue weighted by molar-refractivity contribution is 0.448. The van der Waals surface area contributed by atoms with E-state index in [2.05, 4.69) is 17.6 Å². The SMILES string of the molecule is CCC1CCc2c(CNC3CC3)csc2C1. The lowest BCUT2D eigenvalue weighted by atomic mass is 9.86. The predicted octanol–water partition coefficient (Wildman–Crippen LogP) is 3.52. The molecule has 3 rings (SSSR count). The van der Waals surface area contributed by atoms with Crippen molar-refractivity contribution in [3.8, 4) is 0 Å². The highest BCUT2D eigenvalue weighted by Crippen LogP contribution is 2.34. The molecule has 0 bridgehead atoms. The van der Waals surface area contributed by atoms with Gasteiger partial charge in [-0.3, -0.25) is 0 Å². The number of hydrogen-bond donors (Lipinski definition) is 1. The Hall–Kier alpha value is -0.340. The summed E-state index contributed by atoms with van der Waals surface area (Å²) in [6, 6.07) is 0.836. The lowest BCUT2D eigenvalue weighted by Gasteiger charge is -2.21. The summed E-state index contributed by atoms with van der Waals surface area (Å²) in [4.78, 5) is 1.69. The summed E-state index contributed by atoms with van der Waals surface area (Å²) in [6.45, 7) is 3.45. The molecule has 1 heterocycles. The fraction of sp³-hybridized carbons (Fsp3) is 0.714. The molecule has 0 aromatic carbocycles. The molecule has 1 aromatic rings. The second-order valence-electron chi connectivity index (χ2n) is 5.33. The molecule has 1 fully saturated rings. The first kappa shape index (κ1) is 10.8. The number of rotatable bonds is 4.